The van der Waals surface area contributed by atoms with E-state index in [4.69, 9.17) is 0 Å². The summed E-state index contributed by atoms with van der Waals surface area (Å²) < 4.78 is 0. The molecule has 0 bridgehead atoms. The second-order valence-electron chi connectivity index (χ2n) is 10.9. The van der Waals surface area contributed by atoms with Crippen molar-refractivity contribution in [3.8, 4) is 0 Å². The summed E-state index contributed by atoms with van der Waals surface area (Å²) in [7, 11) is 0. The molecule has 0 saturated heterocycles. The molecule has 0 aliphatic heterocycles. The summed E-state index contributed by atoms with van der Waals surface area (Å²) in [5.41, 5.74) is 5.39. The van der Waals surface area contributed by atoms with Crippen molar-refractivity contribution in [1.82, 2.24) is 10.3 Å². The molecule has 1 heterocycles. The molecule has 4 N–H and O–H groups in total. The van der Waals surface area contributed by atoms with Crippen LogP contribution in [0.15, 0.2) is 150 Å². The molecule has 7 nitrogen and oxygen atoms in total. The average molecular weight is 637 g/mol. The van der Waals surface area contributed by atoms with Crippen LogP contribution in [-0.4, -0.2) is 22.7 Å². The minimum atomic E-state index is -0.504. The maximum absolute atomic E-state index is 13.6. The van der Waals surface area contributed by atoms with Crippen molar-refractivity contribution in [2.24, 2.45) is 0 Å². The lowest BCUT2D eigenvalue weighted by Crippen LogP contribution is -2.30. The summed E-state index contributed by atoms with van der Waals surface area (Å²) in [6.45, 7) is 1.96. The minimum absolute atomic E-state index is 0.0964. The lowest BCUT2D eigenvalue weighted by Gasteiger charge is -2.18. The van der Waals surface area contributed by atoms with Gasteiger partial charge in [-0.25, -0.2) is 0 Å². The molecule has 0 aliphatic carbocycles. The first-order valence-corrected chi connectivity index (χ1v) is 16.0. The first-order chi connectivity index (χ1) is 22.9. The summed E-state index contributed by atoms with van der Waals surface area (Å²) in [4.78, 5) is 44.3. The number of nitrogens with one attached hydrogen (secondary N) is 4. The largest absolute Gasteiger partial charge is 0.361 e. The SMILES string of the molecule is Cc1ccccc1NC(=O)C(Sc1ccc(NC(=O)/C(=C/c2c[nH]c3ccccc23)NC(=O)c2ccccc2)cc1)c1ccccc1. The van der Waals surface area contributed by atoms with E-state index in [-0.39, 0.29) is 11.6 Å². The van der Waals surface area contributed by atoms with Gasteiger partial charge in [0.15, 0.2) is 0 Å². The molecule has 0 radical (unpaired) electrons. The Morgan fingerprint density at radius 1 is 0.723 bits per heavy atom. The third kappa shape index (κ3) is 7.69. The monoisotopic (exact) mass is 636 g/mol. The van der Waals surface area contributed by atoms with Gasteiger partial charge in [-0.2, -0.15) is 0 Å². The fraction of sp³-hybridized carbons (Fsp3) is 0.0513. The normalized spacial score (nSPS) is 11.9. The van der Waals surface area contributed by atoms with Crippen LogP contribution in [-0.2, 0) is 9.59 Å². The van der Waals surface area contributed by atoms with Crippen LogP contribution in [0.5, 0.6) is 0 Å². The Kier molecular flexibility index (Phi) is 9.60. The first kappa shape index (κ1) is 31.1. The quantitative estimate of drug-likeness (QED) is 0.0896. The van der Waals surface area contributed by atoms with Gasteiger partial charge in [0.2, 0.25) is 5.91 Å². The van der Waals surface area contributed by atoms with Gasteiger partial charge >= 0.3 is 0 Å². The Hall–Kier alpha value is -5.86. The van der Waals surface area contributed by atoms with Crippen molar-refractivity contribution in [3.63, 3.8) is 0 Å². The van der Waals surface area contributed by atoms with Gasteiger partial charge in [0.05, 0.1) is 0 Å². The summed E-state index contributed by atoms with van der Waals surface area (Å²) in [5, 5.41) is 9.20. The molecular formula is C39H32N4O3S. The van der Waals surface area contributed by atoms with Gasteiger partial charge in [-0.1, -0.05) is 84.9 Å². The second kappa shape index (κ2) is 14.5. The molecule has 1 unspecified atom stereocenters. The first-order valence-electron chi connectivity index (χ1n) is 15.1. The van der Waals surface area contributed by atoms with Crippen LogP contribution >= 0.6 is 11.8 Å². The Balaban J connectivity index is 1.21. The van der Waals surface area contributed by atoms with Gasteiger partial charge in [-0.3, -0.25) is 14.4 Å². The molecule has 0 fully saturated rings. The molecule has 6 rings (SSSR count). The zero-order valence-corrected chi connectivity index (χ0v) is 26.4. The summed E-state index contributed by atoms with van der Waals surface area (Å²) in [5.74, 6) is -0.997. The molecular weight excluding hydrogens is 605 g/mol. The van der Waals surface area contributed by atoms with E-state index < -0.39 is 17.1 Å². The highest BCUT2D eigenvalue weighted by molar-refractivity contribution is 8.00. The maximum atomic E-state index is 13.6. The molecule has 1 atom stereocenters. The summed E-state index contributed by atoms with van der Waals surface area (Å²) >= 11 is 1.42. The van der Waals surface area contributed by atoms with Gasteiger partial charge < -0.3 is 20.9 Å². The molecule has 232 valence electrons. The van der Waals surface area contributed by atoms with E-state index in [1.165, 1.54) is 11.8 Å². The number of carbonyl (C=O) groups excluding carboxylic acids is 3. The van der Waals surface area contributed by atoms with Gasteiger partial charge in [-0.15, -0.1) is 11.8 Å². The number of aromatic amines is 1. The Labute approximate surface area is 277 Å². The second-order valence-corrected chi connectivity index (χ2v) is 12.0. The average Bonchev–Trinajstić information content (AvgIpc) is 3.52. The van der Waals surface area contributed by atoms with Crippen molar-refractivity contribution in [3.05, 3.63) is 168 Å². The highest BCUT2D eigenvalue weighted by Gasteiger charge is 2.23. The van der Waals surface area contributed by atoms with Crippen LogP contribution in [0.2, 0.25) is 0 Å². The van der Waals surface area contributed by atoms with Gasteiger partial charge in [0, 0.05) is 44.5 Å². The summed E-state index contributed by atoms with van der Waals surface area (Å²) in [6.07, 6.45) is 3.47. The topological polar surface area (TPSA) is 103 Å². The number of thioether (sulfide) groups is 1. The number of carbonyl (C=O) groups is 3. The highest BCUT2D eigenvalue weighted by atomic mass is 32.2. The molecule has 8 heteroatoms. The maximum Gasteiger partial charge on any atom is 0.272 e. The van der Waals surface area contributed by atoms with Crippen LogP contribution in [0.25, 0.3) is 17.0 Å². The van der Waals surface area contributed by atoms with E-state index in [1.54, 1.807) is 48.7 Å². The van der Waals surface area contributed by atoms with Crippen molar-refractivity contribution < 1.29 is 14.4 Å². The van der Waals surface area contributed by atoms with Crippen LogP contribution in [0.1, 0.15) is 32.3 Å². The molecule has 3 amide bonds. The Morgan fingerprint density at radius 3 is 2.13 bits per heavy atom. The number of aromatic nitrogens is 1. The van der Waals surface area contributed by atoms with E-state index in [0.29, 0.717) is 11.3 Å². The number of benzene rings is 5. The van der Waals surface area contributed by atoms with Crippen molar-refractivity contribution >= 4 is 57.8 Å². The smallest absolute Gasteiger partial charge is 0.272 e. The van der Waals surface area contributed by atoms with Crippen molar-refractivity contribution in [2.75, 3.05) is 10.6 Å². The van der Waals surface area contributed by atoms with Crippen molar-refractivity contribution in [2.45, 2.75) is 17.1 Å². The van der Waals surface area contributed by atoms with Crippen molar-refractivity contribution in [1.29, 1.82) is 0 Å². The zero-order chi connectivity index (χ0) is 32.6. The number of anilines is 2. The number of para-hydroxylation sites is 2. The lowest BCUT2D eigenvalue weighted by molar-refractivity contribution is -0.116. The van der Waals surface area contributed by atoms with E-state index in [1.807, 2.05) is 104 Å². The molecule has 1 aromatic heterocycles. The number of hydrogen-bond donors (Lipinski definition) is 4. The number of hydrogen-bond acceptors (Lipinski definition) is 4. The number of rotatable bonds is 10. The molecule has 47 heavy (non-hydrogen) atoms. The molecule has 0 saturated carbocycles. The lowest BCUT2D eigenvalue weighted by atomic mass is 10.1. The predicted octanol–water partition coefficient (Wildman–Crippen LogP) is 8.36. The van der Waals surface area contributed by atoms with Gasteiger partial charge in [0.25, 0.3) is 11.8 Å². The number of H-pyrrole nitrogens is 1. The third-order valence-corrected chi connectivity index (χ3v) is 8.83. The Bertz CT molecular complexity index is 2060. The van der Waals surface area contributed by atoms with Gasteiger partial charge in [0.1, 0.15) is 10.9 Å². The fourth-order valence-corrected chi connectivity index (χ4v) is 6.10. The third-order valence-electron chi connectivity index (χ3n) is 7.56. The zero-order valence-electron chi connectivity index (χ0n) is 25.6. The fourth-order valence-electron chi connectivity index (χ4n) is 5.07. The Morgan fingerprint density at radius 2 is 1.38 bits per heavy atom. The predicted molar refractivity (Wildman–Crippen MR) is 190 cm³/mol. The van der Waals surface area contributed by atoms with E-state index in [0.717, 1.165) is 38.2 Å². The van der Waals surface area contributed by atoms with E-state index in [2.05, 4.69) is 20.9 Å². The van der Waals surface area contributed by atoms with Crippen LogP contribution in [0.3, 0.4) is 0 Å². The van der Waals surface area contributed by atoms with Crippen LogP contribution < -0.4 is 16.0 Å². The van der Waals surface area contributed by atoms with E-state index in [9.17, 15) is 14.4 Å². The minimum Gasteiger partial charge on any atom is -0.361 e. The number of fused-ring (bicyclic) bond motifs is 1. The molecule has 5 aromatic carbocycles. The number of aryl methyl sites for hydroxylation is 1. The van der Waals surface area contributed by atoms with E-state index >= 15 is 0 Å². The standard InChI is InChI=1S/C39H32N4O3S/c1-26-12-8-10-18-33(26)42-39(46)36(27-13-4-2-5-14-27)47-31-22-20-30(21-23-31)41-38(45)35(43-37(44)28-15-6-3-7-16-28)24-29-25-40-34-19-11-9-17-32(29)34/h2-25,36,40H,1H3,(H,41,45)(H,42,46)(H,43,44)/b35-24-. The number of amides is 3. The molecule has 0 spiro atoms. The molecule has 0 aliphatic rings. The van der Waals surface area contributed by atoms with Crippen LogP contribution in [0.4, 0.5) is 11.4 Å². The molecule has 6 aromatic rings. The van der Waals surface area contributed by atoms with Crippen LogP contribution in [0, 0.1) is 6.92 Å². The van der Waals surface area contributed by atoms with Gasteiger partial charge in [-0.05, 0) is 72.7 Å². The highest BCUT2D eigenvalue weighted by Crippen LogP contribution is 2.37. The summed E-state index contributed by atoms with van der Waals surface area (Å²) in [6, 6.07) is 41.1.